The van der Waals surface area contributed by atoms with Crippen molar-refractivity contribution < 1.29 is 19.1 Å². The monoisotopic (exact) mass is 368 g/mol. The van der Waals surface area contributed by atoms with Crippen molar-refractivity contribution in [2.24, 2.45) is 5.73 Å². The van der Waals surface area contributed by atoms with Crippen molar-refractivity contribution in [2.45, 2.75) is 18.8 Å². The first-order valence-electron chi connectivity index (χ1n) is 8.12. The van der Waals surface area contributed by atoms with Crippen LogP contribution in [0, 0.1) is 0 Å². The highest BCUT2D eigenvalue weighted by molar-refractivity contribution is 5.99. The summed E-state index contributed by atoms with van der Waals surface area (Å²) in [7, 11) is 0. The summed E-state index contributed by atoms with van der Waals surface area (Å²) < 4.78 is 7.22. The number of nitrogens with two attached hydrogens (primary N) is 1. The number of pyridine rings is 1. The van der Waals surface area contributed by atoms with E-state index in [1.165, 1.54) is 18.5 Å². The SMILES string of the molecule is NC(=O)CC(N1c2c(C(=O)O)ccnc2NC1c1ccco1)n1ccnc1. The summed E-state index contributed by atoms with van der Waals surface area (Å²) in [4.78, 5) is 33.6. The van der Waals surface area contributed by atoms with Gasteiger partial charge >= 0.3 is 5.97 Å². The van der Waals surface area contributed by atoms with Crippen molar-refractivity contribution in [2.75, 3.05) is 10.2 Å². The number of fused-ring (bicyclic) bond motifs is 1. The normalized spacial score (nSPS) is 16.6. The quantitative estimate of drug-likeness (QED) is 0.596. The molecule has 4 heterocycles. The van der Waals surface area contributed by atoms with Gasteiger partial charge in [-0.3, -0.25) is 4.79 Å². The number of carbonyl (C=O) groups excluding carboxylic acids is 1. The van der Waals surface area contributed by atoms with Crippen LogP contribution in [0.15, 0.2) is 53.8 Å². The van der Waals surface area contributed by atoms with Crippen molar-refractivity contribution in [3.8, 4) is 0 Å². The number of aromatic nitrogens is 3. The molecule has 2 atom stereocenters. The molecule has 1 amide bonds. The molecule has 10 heteroatoms. The zero-order valence-electron chi connectivity index (χ0n) is 14.0. The van der Waals surface area contributed by atoms with E-state index < -0.39 is 24.2 Å². The number of carbonyl (C=O) groups is 2. The Labute approximate surface area is 153 Å². The van der Waals surface area contributed by atoms with Crippen molar-refractivity contribution in [1.29, 1.82) is 0 Å². The molecule has 0 bridgehead atoms. The Bertz CT molecular complexity index is 969. The lowest BCUT2D eigenvalue weighted by Crippen LogP contribution is -2.38. The van der Waals surface area contributed by atoms with Crippen LogP contribution >= 0.6 is 0 Å². The average molecular weight is 368 g/mol. The predicted octanol–water partition coefficient (Wildman–Crippen LogP) is 1.57. The molecule has 3 aromatic heterocycles. The summed E-state index contributed by atoms with van der Waals surface area (Å²) in [6, 6.07) is 4.89. The predicted molar refractivity (Wildman–Crippen MR) is 93.8 cm³/mol. The van der Waals surface area contributed by atoms with Gasteiger partial charge in [0, 0.05) is 18.6 Å². The van der Waals surface area contributed by atoms with Gasteiger partial charge in [0.1, 0.15) is 11.9 Å². The summed E-state index contributed by atoms with van der Waals surface area (Å²) in [5, 5.41) is 12.8. The Morgan fingerprint density at radius 1 is 1.37 bits per heavy atom. The molecular weight excluding hydrogens is 352 g/mol. The van der Waals surface area contributed by atoms with Crippen LogP contribution in [0.25, 0.3) is 0 Å². The summed E-state index contributed by atoms with van der Waals surface area (Å²) in [6.45, 7) is 0. The maximum Gasteiger partial charge on any atom is 0.338 e. The Kier molecular flexibility index (Phi) is 3.99. The molecule has 0 spiro atoms. The molecule has 4 N–H and O–H groups in total. The second-order valence-electron chi connectivity index (χ2n) is 5.99. The standard InChI is InChI=1S/C17H16N6O4/c18-12(24)8-13(22-6-5-19-9-22)23-14-10(17(25)26)3-4-20-15(14)21-16(23)11-2-1-7-27-11/h1-7,9,13,16H,8H2,(H2,18,24)(H,20,21)(H,25,26). The molecule has 0 saturated heterocycles. The number of aromatic carboxylic acids is 1. The number of rotatable bonds is 6. The molecule has 0 aromatic carbocycles. The van der Waals surface area contributed by atoms with Gasteiger partial charge < -0.3 is 30.0 Å². The van der Waals surface area contributed by atoms with Gasteiger partial charge in [-0.05, 0) is 18.2 Å². The number of carboxylic acid groups (broad SMARTS) is 1. The molecule has 0 fully saturated rings. The van der Waals surface area contributed by atoms with Gasteiger partial charge in [-0.1, -0.05) is 0 Å². The average Bonchev–Trinajstić information content (AvgIpc) is 3.38. The van der Waals surface area contributed by atoms with Crippen LogP contribution in [-0.4, -0.2) is 31.5 Å². The molecule has 3 aromatic rings. The molecule has 2 unspecified atom stereocenters. The van der Waals surface area contributed by atoms with Crippen LogP contribution < -0.4 is 16.0 Å². The van der Waals surface area contributed by atoms with E-state index in [0.29, 0.717) is 17.3 Å². The fraction of sp³-hybridized carbons (Fsp3) is 0.176. The van der Waals surface area contributed by atoms with E-state index in [-0.39, 0.29) is 12.0 Å². The molecule has 0 aliphatic carbocycles. The van der Waals surface area contributed by atoms with Gasteiger partial charge in [0.15, 0.2) is 12.0 Å². The Hall–Kier alpha value is -3.82. The Balaban J connectivity index is 1.90. The smallest absolute Gasteiger partial charge is 0.338 e. The number of anilines is 2. The Morgan fingerprint density at radius 2 is 2.22 bits per heavy atom. The van der Waals surface area contributed by atoms with E-state index in [1.54, 1.807) is 40.3 Å². The van der Waals surface area contributed by atoms with E-state index in [4.69, 9.17) is 10.2 Å². The third-order valence-electron chi connectivity index (χ3n) is 4.35. The van der Waals surface area contributed by atoms with Gasteiger partial charge in [-0.25, -0.2) is 14.8 Å². The lowest BCUT2D eigenvalue weighted by molar-refractivity contribution is -0.118. The summed E-state index contributed by atoms with van der Waals surface area (Å²) in [5.74, 6) is -0.727. The number of imidazole rings is 1. The van der Waals surface area contributed by atoms with E-state index >= 15 is 0 Å². The van der Waals surface area contributed by atoms with Crippen LogP contribution in [0.5, 0.6) is 0 Å². The van der Waals surface area contributed by atoms with E-state index in [0.717, 1.165) is 0 Å². The summed E-state index contributed by atoms with van der Waals surface area (Å²) >= 11 is 0. The van der Waals surface area contributed by atoms with Crippen LogP contribution in [0.1, 0.15) is 34.9 Å². The second-order valence-corrected chi connectivity index (χ2v) is 5.99. The van der Waals surface area contributed by atoms with Gasteiger partial charge in [-0.15, -0.1) is 0 Å². The van der Waals surface area contributed by atoms with Gasteiger partial charge in [-0.2, -0.15) is 0 Å². The first kappa shape index (κ1) is 16.6. The Morgan fingerprint density at radius 3 is 2.85 bits per heavy atom. The minimum Gasteiger partial charge on any atom is -0.478 e. The topological polar surface area (TPSA) is 140 Å². The van der Waals surface area contributed by atoms with Crippen LogP contribution in [0.2, 0.25) is 0 Å². The zero-order chi connectivity index (χ0) is 19.0. The highest BCUT2D eigenvalue weighted by Crippen LogP contribution is 2.46. The zero-order valence-corrected chi connectivity index (χ0v) is 14.0. The molecule has 1 aliphatic heterocycles. The third-order valence-corrected chi connectivity index (χ3v) is 4.35. The molecule has 4 rings (SSSR count). The van der Waals surface area contributed by atoms with Crippen molar-refractivity contribution >= 4 is 23.4 Å². The van der Waals surface area contributed by atoms with E-state index in [9.17, 15) is 14.7 Å². The number of amides is 1. The maximum atomic E-state index is 11.8. The summed E-state index contributed by atoms with van der Waals surface area (Å²) in [5.41, 5.74) is 5.88. The molecule has 0 saturated carbocycles. The van der Waals surface area contributed by atoms with E-state index in [1.807, 2.05) is 0 Å². The van der Waals surface area contributed by atoms with Crippen LogP contribution in [0.4, 0.5) is 11.5 Å². The van der Waals surface area contributed by atoms with Crippen molar-refractivity contribution in [1.82, 2.24) is 14.5 Å². The molecule has 10 nitrogen and oxygen atoms in total. The van der Waals surface area contributed by atoms with Gasteiger partial charge in [0.25, 0.3) is 0 Å². The molecule has 1 aliphatic rings. The van der Waals surface area contributed by atoms with E-state index in [2.05, 4.69) is 15.3 Å². The minimum absolute atomic E-state index is 0.0520. The molecular formula is C17H16N6O4. The van der Waals surface area contributed by atoms with Gasteiger partial charge in [0.05, 0.1) is 30.3 Å². The molecule has 138 valence electrons. The van der Waals surface area contributed by atoms with Crippen molar-refractivity contribution in [3.05, 3.63) is 60.7 Å². The first-order valence-corrected chi connectivity index (χ1v) is 8.12. The largest absolute Gasteiger partial charge is 0.478 e. The highest BCUT2D eigenvalue weighted by atomic mass is 16.4. The van der Waals surface area contributed by atoms with Gasteiger partial charge in [0.2, 0.25) is 5.91 Å². The number of nitrogens with one attached hydrogen (secondary N) is 1. The maximum absolute atomic E-state index is 11.8. The van der Waals surface area contributed by atoms with Crippen LogP contribution in [-0.2, 0) is 4.79 Å². The number of hydrogen-bond donors (Lipinski definition) is 3. The number of carboxylic acids is 1. The minimum atomic E-state index is -1.11. The fourth-order valence-corrected chi connectivity index (χ4v) is 3.27. The summed E-state index contributed by atoms with van der Waals surface area (Å²) in [6.07, 6.45) is 6.46. The first-order chi connectivity index (χ1) is 13.1. The number of nitrogens with zero attached hydrogens (tertiary/aromatic N) is 4. The lowest BCUT2D eigenvalue weighted by atomic mass is 10.1. The number of hydrogen-bond acceptors (Lipinski definition) is 7. The highest BCUT2D eigenvalue weighted by Gasteiger charge is 2.41. The lowest BCUT2D eigenvalue weighted by Gasteiger charge is -2.34. The molecule has 0 radical (unpaired) electrons. The molecule has 27 heavy (non-hydrogen) atoms. The second kappa shape index (κ2) is 6.48. The number of furan rings is 1. The van der Waals surface area contributed by atoms with Crippen molar-refractivity contribution in [3.63, 3.8) is 0 Å². The van der Waals surface area contributed by atoms with Crippen LogP contribution in [0.3, 0.4) is 0 Å². The third kappa shape index (κ3) is 2.86. The number of primary amides is 1. The fourth-order valence-electron chi connectivity index (χ4n) is 3.27.